The fourth-order valence-electron chi connectivity index (χ4n) is 3.48. The molecule has 1 atom stereocenters. The second-order valence-electron chi connectivity index (χ2n) is 6.57. The summed E-state index contributed by atoms with van der Waals surface area (Å²) in [5, 5.41) is 0. The molecule has 1 amide bonds. The van der Waals surface area contributed by atoms with Crippen molar-refractivity contribution in [2.24, 2.45) is 0 Å². The highest BCUT2D eigenvalue weighted by Gasteiger charge is 2.29. The van der Waals surface area contributed by atoms with Gasteiger partial charge in [-0.3, -0.25) is 4.79 Å². The second kappa shape index (κ2) is 6.31. The number of carbonyl (C=O) groups is 1. The number of nitrogens with zero attached hydrogens (tertiary/aromatic N) is 1. The molecule has 2 aromatic rings. The van der Waals surface area contributed by atoms with E-state index in [2.05, 4.69) is 13.0 Å². The van der Waals surface area contributed by atoms with Crippen molar-refractivity contribution in [2.75, 3.05) is 13.9 Å². The average Bonchev–Trinajstić information content (AvgIpc) is 3.07. The molecule has 0 radical (unpaired) electrons. The Kier molecular flexibility index (Phi) is 3.99. The number of ether oxygens (including phenoxy) is 3. The maximum atomic E-state index is 12.8. The summed E-state index contributed by atoms with van der Waals surface area (Å²) in [6.45, 7) is 2.98. The summed E-state index contributed by atoms with van der Waals surface area (Å²) in [6.07, 6.45) is 1.23. The summed E-state index contributed by atoms with van der Waals surface area (Å²) in [6, 6.07) is 11.9. The van der Waals surface area contributed by atoms with Crippen LogP contribution in [0.15, 0.2) is 36.4 Å². The number of methoxy groups -OCH3 is 1. The molecule has 2 aromatic carbocycles. The van der Waals surface area contributed by atoms with Crippen LogP contribution >= 0.6 is 0 Å². The Morgan fingerprint density at radius 1 is 1.16 bits per heavy atom. The minimum atomic E-state index is 0.140. The first-order valence-corrected chi connectivity index (χ1v) is 8.48. The van der Waals surface area contributed by atoms with E-state index in [-0.39, 0.29) is 18.7 Å². The van der Waals surface area contributed by atoms with Crippen molar-refractivity contribution in [3.05, 3.63) is 53.1 Å². The first-order chi connectivity index (χ1) is 12.1. The Morgan fingerprint density at radius 3 is 2.52 bits per heavy atom. The van der Waals surface area contributed by atoms with Gasteiger partial charge in [0, 0.05) is 12.6 Å². The van der Waals surface area contributed by atoms with Gasteiger partial charge in [0.05, 0.1) is 13.5 Å². The molecule has 0 aromatic heterocycles. The molecule has 25 heavy (non-hydrogen) atoms. The van der Waals surface area contributed by atoms with Crippen molar-refractivity contribution < 1.29 is 19.0 Å². The predicted molar refractivity (Wildman–Crippen MR) is 93.0 cm³/mol. The lowest BCUT2D eigenvalue weighted by atomic mass is 9.93. The Hall–Kier alpha value is -2.69. The number of hydrogen-bond donors (Lipinski definition) is 0. The third kappa shape index (κ3) is 3.02. The van der Waals surface area contributed by atoms with Gasteiger partial charge >= 0.3 is 0 Å². The summed E-state index contributed by atoms with van der Waals surface area (Å²) in [5.74, 6) is 2.52. The highest BCUT2D eigenvalue weighted by Crippen LogP contribution is 2.37. The van der Waals surface area contributed by atoms with Gasteiger partial charge in [-0.2, -0.15) is 0 Å². The zero-order valence-corrected chi connectivity index (χ0v) is 14.5. The van der Waals surface area contributed by atoms with Crippen LogP contribution in [0.3, 0.4) is 0 Å². The molecule has 1 unspecified atom stereocenters. The molecule has 2 heterocycles. The number of carbonyl (C=O) groups excluding carboxylic acids is 1. The molecule has 0 N–H and O–H groups in total. The fourth-order valence-corrected chi connectivity index (χ4v) is 3.48. The van der Waals surface area contributed by atoms with Crippen LogP contribution in [0.5, 0.6) is 17.2 Å². The Bertz CT molecular complexity index is 800. The van der Waals surface area contributed by atoms with E-state index in [0.717, 1.165) is 34.8 Å². The number of amides is 1. The molecular weight excluding hydrogens is 318 g/mol. The molecule has 130 valence electrons. The summed E-state index contributed by atoms with van der Waals surface area (Å²) >= 11 is 0. The topological polar surface area (TPSA) is 48.0 Å². The monoisotopic (exact) mass is 339 g/mol. The SMILES string of the molecule is COc1ccc(CC(=O)N2Cc3cc4c(cc3CC2C)OCO4)cc1. The minimum Gasteiger partial charge on any atom is -0.497 e. The van der Waals surface area contributed by atoms with Crippen molar-refractivity contribution in [3.63, 3.8) is 0 Å². The number of hydrogen-bond acceptors (Lipinski definition) is 4. The van der Waals surface area contributed by atoms with Gasteiger partial charge in [0.25, 0.3) is 0 Å². The fraction of sp³-hybridized carbons (Fsp3) is 0.350. The van der Waals surface area contributed by atoms with E-state index >= 15 is 0 Å². The van der Waals surface area contributed by atoms with Gasteiger partial charge in [0.2, 0.25) is 12.7 Å². The number of fused-ring (bicyclic) bond motifs is 2. The number of benzene rings is 2. The van der Waals surface area contributed by atoms with Crippen molar-refractivity contribution in [2.45, 2.75) is 32.4 Å². The molecule has 0 spiro atoms. The lowest BCUT2D eigenvalue weighted by Gasteiger charge is -2.35. The number of rotatable bonds is 3. The lowest BCUT2D eigenvalue weighted by Crippen LogP contribution is -2.43. The van der Waals surface area contributed by atoms with E-state index in [4.69, 9.17) is 14.2 Å². The average molecular weight is 339 g/mol. The Labute approximate surface area is 147 Å². The predicted octanol–water partition coefficient (Wildman–Crippen LogP) is 2.94. The van der Waals surface area contributed by atoms with Gasteiger partial charge in [0.1, 0.15) is 5.75 Å². The van der Waals surface area contributed by atoms with E-state index in [9.17, 15) is 4.79 Å². The van der Waals surface area contributed by atoms with Crippen LogP contribution in [0.2, 0.25) is 0 Å². The van der Waals surface area contributed by atoms with Crippen LogP contribution in [-0.2, 0) is 24.2 Å². The van der Waals surface area contributed by atoms with Crippen molar-refractivity contribution in [1.29, 1.82) is 0 Å². The van der Waals surface area contributed by atoms with Crippen molar-refractivity contribution >= 4 is 5.91 Å². The van der Waals surface area contributed by atoms with Crippen molar-refractivity contribution in [3.8, 4) is 17.2 Å². The Morgan fingerprint density at radius 2 is 1.84 bits per heavy atom. The zero-order chi connectivity index (χ0) is 17.4. The maximum Gasteiger partial charge on any atom is 0.231 e. The van der Waals surface area contributed by atoms with Crippen LogP contribution in [0.1, 0.15) is 23.6 Å². The van der Waals surface area contributed by atoms with E-state index in [1.54, 1.807) is 7.11 Å². The van der Waals surface area contributed by atoms with Gasteiger partial charge in [-0.25, -0.2) is 0 Å². The van der Waals surface area contributed by atoms with Gasteiger partial charge in [-0.1, -0.05) is 12.1 Å². The molecule has 4 rings (SSSR count). The summed E-state index contributed by atoms with van der Waals surface area (Å²) in [7, 11) is 1.64. The second-order valence-corrected chi connectivity index (χ2v) is 6.57. The molecule has 0 bridgehead atoms. The molecular formula is C20H21NO4. The van der Waals surface area contributed by atoms with E-state index in [1.165, 1.54) is 5.56 Å². The summed E-state index contributed by atoms with van der Waals surface area (Å²) in [4.78, 5) is 14.8. The molecule has 2 aliphatic rings. The molecule has 0 saturated carbocycles. The standard InChI is InChI=1S/C20H21NO4/c1-13-7-15-9-18-19(25-12-24-18)10-16(15)11-21(13)20(22)8-14-3-5-17(23-2)6-4-14/h3-6,9-10,13H,7-8,11-12H2,1-2H3. The molecule has 2 aliphatic heterocycles. The van der Waals surface area contributed by atoms with E-state index in [0.29, 0.717) is 13.0 Å². The van der Waals surface area contributed by atoms with Crippen molar-refractivity contribution in [1.82, 2.24) is 4.90 Å². The van der Waals surface area contributed by atoms with Crippen LogP contribution in [0.4, 0.5) is 0 Å². The van der Waals surface area contributed by atoms with Gasteiger partial charge in [-0.15, -0.1) is 0 Å². The van der Waals surface area contributed by atoms with Gasteiger partial charge in [-0.05, 0) is 54.3 Å². The van der Waals surface area contributed by atoms with Crippen LogP contribution in [-0.4, -0.2) is 30.8 Å². The van der Waals surface area contributed by atoms with E-state index in [1.807, 2.05) is 35.2 Å². The smallest absolute Gasteiger partial charge is 0.231 e. The quantitative estimate of drug-likeness (QED) is 0.863. The van der Waals surface area contributed by atoms with Crippen LogP contribution in [0.25, 0.3) is 0 Å². The third-order valence-corrected chi connectivity index (χ3v) is 4.92. The molecule has 0 saturated heterocycles. The zero-order valence-electron chi connectivity index (χ0n) is 14.5. The van der Waals surface area contributed by atoms with E-state index < -0.39 is 0 Å². The molecule has 5 heteroatoms. The lowest BCUT2D eigenvalue weighted by molar-refractivity contribution is -0.133. The van der Waals surface area contributed by atoms with Crippen LogP contribution in [0, 0.1) is 0 Å². The third-order valence-electron chi connectivity index (χ3n) is 4.92. The summed E-state index contributed by atoms with van der Waals surface area (Å²) in [5.41, 5.74) is 3.38. The minimum absolute atomic E-state index is 0.140. The molecule has 0 fully saturated rings. The Balaban J connectivity index is 1.51. The largest absolute Gasteiger partial charge is 0.497 e. The van der Waals surface area contributed by atoms with Gasteiger partial charge in [0.15, 0.2) is 11.5 Å². The molecule has 5 nitrogen and oxygen atoms in total. The first kappa shape index (κ1) is 15.8. The first-order valence-electron chi connectivity index (χ1n) is 8.48. The summed E-state index contributed by atoms with van der Waals surface area (Å²) < 4.78 is 16.1. The van der Waals surface area contributed by atoms with Gasteiger partial charge < -0.3 is 19.1 Å². The highest BCUT2D eigenvalue weighted by molar-refractivity contribution is 5.79. The maximum absolute atomic E-state index is 12.8. The molecule has 0 aliphatic carbocycles. The highest BCUT2D eigenvalue weighted by atomic mass is 16.7. The normalized spacial score (nSPS) is 18.0. The van der Waals surface area contributed by atoms with Crippen LogP contribution < -0.4 is 14.2 Å².